The SMILES string of the molecule is O=C1CC(c2ccccc2)CCCC(C(=O)O)N1. The molecule has 4 heteroatoms. The molecule has 1 heterocycles. The third kappa shape index (κ3) is 3.09. The minimum Gasteiger partial charge on any atom is -0.480 e. The van der Waals surface area contributed by atoms with E-state index in [-0.39, 0.29) is 11.8 Å². The second kappa shape index (κ2) is 5.67. The predicted molar refractivity (Wildman–Crippen MR) is 67.2 cm³/mol. The van der Waals surface area contributed by atoms with E-state index in [1.165, 1.54) is 0 Å². The maximum Gasteiger partial charge on any atom is 0.326 e. The van der Waals surface area contributed by atoms with Crippen molar-refractivity contribution >= 4 is 11.9 Å². The number of hydrogen-bond donors (Lipinski definition) is 2. The average Bonchev–Trinajstić information content (AvgIpc) is 2.34. The predicted octanol–water partition coefficient (Wildman–Crippen LogP) is 1.91. The fraction of sp³-hybridized carbons (Fsp3) is 0.429. The van der Waals surface area contributed by atoms with Crippen molar-refractivity contribution in [3.05, 3.63) is 35.9 Å². The highest BCUT2D eigenvalue weighted by molar-refractivity contribution is 5.84. The summed E-state index contributed by atoms with van der Waals surface area (Å²) in [4.78, 5) is 22.7. The lowest BCUT2D eigenvalue weighted by atomic mass is 9.88. The van der Waals surface area contributed by atoms with Crippen LogP contribution in [-0.4, -0.2) is 23.0 Å². The molecular weight excluding hydrogens is 230 g/mol. The van der Waals surface area contributed by atoms with Crippen LogP contribution < -0.4 is 5.32 Å². The zero-order valence-electron chi connectivity index (χ0n) is 10.1. The summed E-state index contributed by atoms with van der Waals surface area (Å²) in [6.45, 7) is 0. The molecule has 1 aromatic rings. The number of carboxylic acids is 1. The second-order valence-corrected chi connectivity index (χ2v) is 4.70. The molecule has 96 valence electrons. The van der Waals surface area contributed by atoms with Gasteiger partial charge in [-0.1, -0.05) is 36.8 Å². The molecule has 0 aromatic heterocycles. The molecule has 0 spiro atoms. The van der Waals surface area contributed by atoms with Crippen molar-refractivity contribution in [2.24, 2.45) is 0 Å². The van der Waals surface area contributed by atoms with Crippen molar-refractivity contribution in [1.29, 1.82) is 0 Å². The molecule has 1 amide bonds. The second-order valence-electron chi connectivity index (χ2n) is 4.70. The quantitative estimate of drug-likeness (QED) is 0.839. The normalized spacial score (nSPS) is 24.8. The van der Waals surface area contributed by atoms with Gasteiger partial charge in [-0.3, -0.25) is 4.79 Å². The van der Waals surface area contributed by atoms with Crippen LogP contribution in [0.3, 0.4) is 0 Å². The van der Waals surface area contributed by atoms with E-state index >= 15 is 0 Å². The fourth-order valence-electron chi connectivity index (χ4n) is 2.41. The van der Waals surface area contributed by atoms with Gasteiger partial charge < -0.3 is 10.4 Å². The van der Waals surface area contributed by atoms with Crippen molar-refractivity contribution in [3.8, 4) is 0 Å². The van der Waals surface area contributed by atoms with Crippen LogP contribution in [0.5, 0.6) is 0 Å². The monoisotopic (exact) mass is 247 g/mol. The number of nitrogens with one attached hydrogen (secondary N) is 1. The first-order chi connectivity index (χ1) is 8.66. The lowest BCUT2D eigenvalue weighted by Gasteiger charge is -2.23. The maximum absolute atomic E-state index is 11.8. The zero-order chi connectivity index (χ0) is 13.0. The van der Waals surface area contributed by atoms with Crippen LogP contribution in [0.15, 0.2) is 30.3 Å². The molecule has 0 bridgehead atoms. The number of benzene rings is 1. The van der Waals surface area contributed by atoms with E-state index in [1.807, 2.05) is 30.3 Å². The van der Waals surface area contributed by atoms with Gasteiger partial charge in [-0.05, 0) is 24.3 Å². The smallest absolute Gasteiger partial charge is 0.326 e. The average molecular weight is 247 g/mol. The Hall–Kier alpha value is -1.84. The first-order valence-corrected chi connectivity index (χ1v) is 6.24. The van der Waals surface area contributed by atoms with Crippen molar-refractivity contribution in [2.45, 2.75) is 37.6 Å². The zero-order valence-corrected chi connectivity index (χ0v) is 10.1. The highest BCUT2D eigenvalue weighted by Gasteiger charge is 2.25. The number of rotatable bonds is 2. The highest BCUT2D eigenvalue weighted by atomic mass is 16.4. The molecule has 1 saturated heterocycles. The summed E-state index contributed by atoms with van der Waals surface area (Å²) in [5.74, 6) is -0.918. The van der Waals surface area contributed by atoms with Gasteiger partial charge in [-0.25, -0.2) is 4.79 Å². The Labute approximate surface area is 106 Å². The lowest BCUT2D eigenvalue weighted by molar-refractivity contribution is -0.142. The third-order valence-electron chi connectivity index (χ3n) is 3.38. The van der Waals surface area contributed by atoms with Crippen LogP contribution in [-0.2, 0) is 9.59 Å². The van der Waals surface area contributed by atoms with E-state index in [2.05, 4.69) is 5.32 Å². The van der Waals surface area contributed by atoms with Gasteiger partial charge in [-0.2, -0.15) is 0 Å². The number of carbonyl (C=O) groups excluding carboxylic acids is 1. The molecule has 2 unspecified atom stereocenters. The molecule has 1 fully saturated rings. The largest absolute Gasteiger partial charge is 0.480 e. The van der Waals surface area contributed by atoms with E-state index in [9.17, 15) is 9.59 Å². The van der Waals surface area contributed by atoms with Crippen LogP contribution in [0.25, 0.3) is 0 Å². The Morgan fingerprint density at radius 1 is 1.22 bits per heavy atom. The molecule has 2 atom stereocenters. The summed E-state index contributed by atoms with van der Waals surface area (Å²) in [7, 11) is 0. The summed E-state index contributed by atoms with van der Waals surface area (Å²) >= 11 is 0. The number of aliphatic carboxylic acids is 1. The van der Waals surface area contributed by atoms with E-state index in [1.54, 1.807) is 0 Å². The maximum atomic E-state index is 11.8. The fourth-order valence-corrected chi connectivity index (χ4v) is 2.41. The molecule has 0 saturated carbocycles. The molecule has 1 aliphatic heterocycles. The standard InChI is InChI=1S/C14H17NO3/c16-13-9-11(10-5-2-1-3-6-10)7-4-8-12(15-13)14(17)18/h1-3,5-6,11-12H,4,7-9H2,(H,15,16)(H,17,18). The van der Waals surface area contributed by atoms with Gasteiger partial charge >= 0.3 is 5.97 Å². The van der Waals surface area contributed by atoms with Crippen molar-refractivity contribution in [3.63, 3.8) is 0 Å². The molecule has 4 nitrogen and oxygen atoms in total. The molecule has 2 N–H and O–H groups in total. The summed E-state index contributed by atoms with van der Waals surface area (Å²) in [5.41, 5.74) is 1.15. The Morgan fingerprint density at radius 2 is 1.94 bits per heavy atom. The van der Waals surface area contributed by atoms with Gasteiger partial charge in [0.15, 0.2) is 0 Å². The molecule has 18 heavy (non-hydrogen) atoms. The van der Waals surface area contributed by atoms with Crippen LogP contribution in [0.2, 0.25) is 0 Å². The Bertz CT molecular complexity index is 430. The third-order valence-corrected chi connectivity index (χ3v) is 3.38. The first kappa shape index (κ1) is 12.6. The number of carboxylic acid groups (broad SMARTS) is 1. The minimum atomic E-state index is -0.943. The number of hydrogen-bond acceptors (Lipinski definition) is 2. The summed E-state index contributed by atoms with van der Waals surface area (Å²) in [6, 6.07) is 9.20. The van der Waals surface area contributed by atoms with E-state index < -0.39 is 12.0 Å². The van der Waals surface area contributed by atoms with Crippen LogP contribution in [0, 0.1) is 0 Å². The van der Waals surface area contributed by atoms with E-state index in [4.69, 9.17) is 5.11 Å². The van der Waals surface area contributed by atoms with E-state index in [0.29, 0.717) is 12.8 Å². The van der Waals surface area contributed by atoms with Crippen molar-refractivity contribution in [2.75, 3.05) is 0 Å². The number of amides is 1. The summed E-state index contributed by atoms with van der Waals surface area (Å²) in [5, 5.41) is 11.5. The van der Waals surface area contributed by atoms with Gasteiger partial charge in [0.2, 0.25) is 5.91 Å². The van der Waals surface area contributed by atoms with Gasteiger partial charge in [0, 0.05) is 6.42 Å². The minimum absolute atomic E-state index is 0.170. The van der Waals surface area contributed by atoms with Crippen molar-refractivity contribution < 1.29 is 14.7 Å². The molecule has 0 aliphatic carbocycles. The molecule has 2 rings (SSSR count). The van der Waals surface area contributed by atoms with Crippen LogP contribution in [0.4, 0.5) is 0 Å². The van der Waals surface area contributed by atoms with Crippen LogP contribution in [0.1, 0.15) is 37.2 Å². The highest BCUT2D eigenvalue weighted by Crippen LogP contribution is 2.27. The Kier molecular flexibility index (Phi) is 3.97. The molecule has 1 aliphatic rings. The van der Waals surface area contributed by atoms with Gasteiger partial charge in [-0.15, -0.1) is 0 Å². The number of carbonyl (C=O) groups is 2. The molecular formula is C14H17NO3. The van der Waals surface area contributed by atoms with Gasteiger partial charge in [0.1, 0.15) is 6.04 Å². The molecule has 1 aromatic carbocycles. The summed E-state index contributed by atoms with van der Waals surface area (Å²) < 4.78 is 0. The van der Waals surface area contributed by atoms with Crippen LogP contribution >= 0.6 is 0 Å². The Balaban J connectivity index is 2.06. The molecule has 0 radical (unpaired) electrons. The topological polar surface area (TPSA) is 66.4 Å². The van der Waals surface area contributed by atoms with Gasteiger partial charge in [0.25, 0.3) is 0 Å². The lowest BCUT2D eigenvalue weighted by Crippen LogP contribution is -2.42. The van der Waals surface area contributed by atoms with Crippen molar-refractivity contribution in [1.82, 2.24) is 5.32 Å². The van der Waals surface area contributed by atoms with E-state index in [0.717, 1.165) is 18.4 Å². The van der Waals surface area contributed by atoms with Gasteiger partial charge in [0.05, 0.1) is 0 Å². The first-order valence-electron chi connectivity index (χ1n) is 6.24. The summed E-state index contributed by atoms with van der Waals surface area (Å²) in [6.07, 6.45) is 2.55. The Morgan fingerprint density at radius 3 is 2.61 bits per heavy atom.